The number of piperidine rings is 2. The van der Waals surface area contributed by atoms with E-state index in [2.05, 4.69) is 20.5 Å². The summed E-state index contributed by atoms with van der Waals surface area (Å²) >= 11 is 0. The molecule has 0 aromatic carbocycles. The van der Waals surface area contributed by atoms with Crippen molar-refractivity contribution in [1.29, 1.82) is 0 Å². The van der Waals surface area contributed by atoms with Gasteiger partial charge in [-0.1, -0.05) is 0 Å². The van der Waals surface area contributed by atoms with Crippen LogP contribution in [0.3, 0.4) is 0 Å². The number of fused-ring (bicyclic) bond motifs is 1. The van der Waals surface area contributed by atoms with Crippen molar-refractivity contribution in [1.82, 2.24) is 15.6 Å². The number of nitrogens with zero attached hydrogens (tertiary/aromatic N) is 2. The van der Waals surface area contributed by atoms with Crippen LogP contribution in [0, 0.1) is 0 Å². The van der Waals surface area contributed by atoms with Crippen LogP contribution in [-0.4, -0.2) is 49.1 Å². The number of hydrogen-bond donors (Lipinski definition) is 2. The highest BCUT2D eigenvalue weighted by molar-refractivity contribution is 6.01. The molecule has 4 heterocycles. The maximum atomic E-state index is 12.3. The number of nitrogens with one attached hydrogen (secondary N) is 2. The van der Waals surface area contributed by atoms with Crippen LogP contribution in [-0.2, 0) is 9.59 Å². The molecule has 0 aliphatic carbocycles. The standard InChI is InChI=1S/C17H22N4O3/c22-15-2-1-13(17(23)20-15)21-7-8-24-16-12(9-19-10-14(16)21)11-3-5-18-6-4-11/h9-11,13,18H,1-8H2,(H,20,22,23). The van der Waals surface area contributed by atoms with Crippen molar-refractivity contribution in [2.45, 2.75) is 37.6 Å². The molecule has 1 unspecified atom stereocenters. The summed E-state index contributed by atoms with van der Waals surface area (Å²) in [5.41, 5.74) is 2.03. The van der Waals surface area contributed by atoms with Crippen molar-refractivity contribution in [3.63, 3.8) is 0 Å². The molecule has 7 nitrogen and oxygen atoms in total. The van der Waals surface area contributed by atoms with Gasteiger partial charge in [0.05, 0.1) is 18.4 Å². The van der Waals surface area contributed by atoms with E-state index in [1.165, 1.54) is 0 Å². The Morgan fingerprint density at radius 2 is 2.00 bits per heavy atom. The van der Waals surface area contributed by atoms with Crippen molar-refractivity contribution in [2.75, 3.05) is 31.1 Å². The zero-order valence-electron chi connectivity index (χ0n) is 13.6. The van der Waals surface area contributed by atoms with Crippen LogP contribution in [0.4, 0.5) is 5.69 Å². The third kappa shape index (κ3) is 2.73. The Kier molecular flexibility index (Phi) is 4.10. The minimum absolute atomic E-state index is 0.189. The molecule has 0 spiro atoms. The first-order valence-corrected chi connectivity index (χ1v) is 8.66. The lowest BCUT2D eigenvalue weighted by molar-refractivity contribution is -0.134. The molecular weight excluding hydrogens is 308 g/mol. The van der Waals surface area contributed by atoms with Gasteiger partial charge < -0.3 is 15.0 Å². The first-order chi connectivity index (χ1) is 11.7. The fraction of sp³-hybridized carbons (Fsp3) is 0.588. The average Bonchev–Trinajstić information content (AvgIpc) is 2.62. The highest BCUT2D eigenvalue weighted by atomic mass is 16.5. The maximum Gasteiger partial charge on any atom is 0.249 e. The third-order valence-electron chi connectivity index (χ3n) is 5.16. The second kappa shape index (κ2) is 6.39. The summed E-state index contributed by atoms with van der Waals surface area (Å²) in [6, 6.07) is -0.324. The number of carbonyl (C=O) groups excluding carboxylic acids is 2. The molecule has 128 valence electrons. The lowest BCUT2D eigenvalue weighted by Crippen LogP contribution is -2.54. The van der Waals surface area contributed by atoms with E-state index in [0.29, 0.717) is 31.9 Å². The predicted octanol–water partition coefficient (Wildman–Crippen LogP) is 0.553. The monoisotopic (exact) mass is 330 g/mol. The molecule has 0 bridgehead atoms. The molecule has 2 N–H and O–H groups in total. The molecule has 1 aromatic heterocycles. The van der Waals surface area contributed by atoms with Gasteiger partial charge in [0.25, 0.3) is 0 Å². The van der Waals surface area contributed by atoms with Crippen LogP contribution in [0.2, 0.25) is 0 Å². The van der Waals surface area contributed by atoms with E-state index in [1.807, 2.05) is 6.20 Å². The van der Waals surface area contributed by atoms with Crippen LogP contribution in [0.25, 0.3) is 0 Å². The molecule has 2 amide bonds. The predicted molar refractivity (Wildman–Crippen MR) is 88.1 cm³/mol. The van der Waals surface area contributed by atoms with E-state index in [1.54, 1.807) is 6.20 Å². The average molecular weight is 330 g/mol. The number of carbonyl (C=O) groups is 2. The highest BCUT2D eigenvalue weighted by Gasteiger charge is 2.36. The summed E-state index contributed by atoms with van der Waals surface area (Å²) in [4.78, 5) is 30.1. The van der Waals surface area contributed by atoms with Gasteiger partial charge in [0.1, 0.15) is 18.4 Å². The van der Waals surface area contributed by atoms with Gasteiger partial charge in [-0.15, -0.1) is 0 Å². The maximum absolute atomic E-state index is 12.3. The summed E-state index contributed by atoms with van der Waals surface area (Å²) in [6.45, 7) is 3.19. The van der Waals surface area contributed by atoms with Gasteiger partial charge in [0.15, 0.2) is 0 Å². The molecule has 3 aliphatic rings. The number of amides is 2. The van der Waals surface area contributed by atoms with Crippen LogP contribution in [0.15, 0.2) is 12.4 Å². The van der Waals surface area contributed by atoms with E-state index in [4.69, 9.17) is 4.74 Å². The lowest BCUT2D eigenvalue weighted by atomic mass is 9.90. The van der Waals surface area contributed by atoms with Crippen molar-refractivity contribution in [3.8, 4) is 5.75 Å². The Morgan fingerprint density at radius 1 is 1.17 bits per heavy atom. The SMILES string of the molecule is O=C1CCC(N2CCOc3c(C4CCNCC4)cncc32)C(=O)N1. The molecule has 0 radical (unpaired) electrons. The number of rotatable bonds is 2. The van der Waals surface area contributed by atoms with Crippen LogP contribution < -0.4 is 20.3 Å². The fourth-order valence-corrected chi connectivity index (χ4v) is 3.91. The topological polar surface area (TPSA) is 83.6 Å². The second-order valence-electron chi connectivity index (χ2n) is 6.61. The molecule has 0 saturated carbocycles. The van der Waals surface area contributed by atoms with Gasteiger partial charge in [0.2, 0.25) is 11.8 Å². The molecule has 2 fully saturated rings. The number of pyridine rings is 1. The minimum atomic E-state index is -0.324. The Bertz CT molecular complexity index is 657. The van der Waals surface area contributed by atoms with Crippen molar-refractivity contribution < 1.29 is 14.3 Å². The number of anilines is 1. The number of aromatic nitrogens is 1. The van der Waals surface area contributed by atoms with E-state index < -0.39 is 0 Å². The van der Waals surface area contributed by atoms with Gasteiger partial charge in [-0.05, 0) is 38.3 Å². The third-order valence-corrected chi connectivity index (χ3v) is 5.16. The van der Waals surface area contributed by atoms with Gasteiger partial charge in [-0.2, -0.15) is 0 Å². The van der Waals surface area contributed by atoms with Crippen molar-refractivity contribution in [2.24, 2.45) is 0 Å². The van der Waals surface area contributed by atoms with E-state index in [9.17, 15) is 9.59 Å². The van der Waals surface area contributed by atoms with Crippen molar-refractivity contribution >= 4 is 17.5 Å². The summed E-state index contributed by atoms with van der Waals surface area (Å²) in [5, 5.41) is 5.82. The molecule has 4 rings (SSSR count). The van der Waals surface area contributed by atoms with E-state index in [-0.39, 0.29) is 17.9 Å². The Balaban J connectivity index is 1.65. The normalized spacial score (nSPS) is 25.0. The van der Waals surface area contributed by atoms with Crippen LogP contribution >= 0.6 is 0 Å². The Labute approximate surface area is 140 Å². The second-order valence-corrected chi connectivity index (χ2v) is 6.61. The number of ether oxygens (including phenoxy) is 1. The summed E-state index contributed by atoms with van der Waals surface area (Å²) < 4.78 is 5.98. The van der Waals surface area contributed by atoms with Gasteiger partial charge in [-0.25, -0.2) is 0 Å². The molecule has 2 saturated heterocycles. The van der Waals surface area contributed by atoms with E-state index >= 15 is 0 Å². The quantitative estimate of drug-likeness (QED) is 0.771. The fourth-order valence-electron chi connectivity index (χ4n) is 3.91. The first kappa shape index (κ1) is 15.4. The van der Waals surface area contributed by atoms with E-state index in [0.717, 1.165) is 42.9 Å². The molecule has 3 aliphatic heterocycles. The largest absolute Gasteiger partial charge is 0.489 e. The minimum Gasteiger partial charge on any atom is -0.489 e. The van der Waals surface area contributed by atoms with Gasteiger partial charge in [-0.3, -0.25) is 19.9 Å². The molecule has 24 heavy (non-hydrogen) atoms. The smallest absolute Gasteiger partial charge is 0.249 e. The summed E-state index contributed by atoms with van der Waals surface area (Å²) in [5.74, 6) is 0.904. The highest BCUT2D eigenvalue weighted by Crippen LogP contribution is 2.41. The molecular formula is C17H22N4O3. The van der Waals surface area contributed by atoms with Crippen LogP contribution in [0.5, 0.6) is 5.75 Å². The Morgan fingerprint density at radius 3 is 2.79 bits per heavy atom. The van der Waals surface area contributed by atoms with Gasteiger partial charge >= 0.3 is 0 Å². The first-order valence-electron chi connectivity index (χ1n) is 8.66. The van der Waals surface area contributed by atoms with Crippen molar-refractivity contribution in [3.05, 3.63) is 18.0 Å². The number of hydrogen-bond acceptors (Lipinski definition) is 6. The number of imide groups is 1. The zero-order valence-corrected chi connectivity index (χ0v) is 13.6. The molecule has 1 aromatic rings. The zero-order chi connectivity index (χ0) is 16.5. The van der Waals surface area contributed by atoms with Gasteiger partial charge in [0, 0.05) is 18.2 Å². The van der Waals surface area contributed by atoms with Crippen LogP contribution in [0.1, 0.15) is 37.2 Å². The molecule has 1 atom stereocenters. The lowest BCUT2D eigenvalue weighted by Gasteiger charge is -2.39. The summed E-state index contributed by atoms with van der Waals surface area (Å²) in [7, 11) is 0. The Hall–Kier alpha value is -2.15. The molecule has 7 heteroatoms. The summed E-state index contributed by atoms with van der Waals surface area (Å²) in [6.07, 6.45) is 6.75.